The van der Waals surface area contributed by atoms with Gasteiger partial charge in [0.25, 0.3) is 5.91 Å². The van der Waals surface area contributed by atoms with E-state index < -0.39 is 17.7 Å². The van der Waals surface area contributed by atoms with E-state index >= 15 is 0 Å². The SMILES string of the molecule is O=C(O)c1ccc(NC(=O)c2cccc(NC(=O)C3CCCCC3)c2)c(F)c1. The van der Waals surface area contributed by atoms with Crippen molar-refractivity contribution in [3.05, 3.63) is 59.4 Å². The molecule has 1 saturated carbocycles. The van der Waals surface area contributed by atoms with Crippen LogP contribution in [0.5, 0.6) is 0 Å². The molecule has 6 nitrogen and oxygen atoms in total. The van der Waals surface area contributed by atoms with Crippen LogP contribution in [0.25, 0.3) is 0 Å². The molecule has 1 fully saturated rings. The Labute approximate surface area is 161 Å². The van der Waals surface area contributed by atoms with Crippen molar-refractivity contribution in [1.82, 2.24) is 0 Å². The highest BCUT2D eigenvalue weighted by atomic mass is 19.1. The number of hydrogen-bond donors (Lipinski definition) is 3. The number of halogens is 1. The fourth-order valence-corrected chi connectivity index (χ4v) is 3.29. The first-order chi connectivity index (χ1) is 13.4. The first-order valence-electron chi connectivity index (χ1n) is 9.19. The maximum Gasteiger partial charge on any atom is 0.335 e. The molecule has 0 radical (unpaired) electrons. The number of carbonyl (C=O) groups excluding carboxylic acids is 2. The van der Waals surface area contributed by atoms with Gasteiger partial charge in [0.1, 0.15) is 5.82 Å². The minimum atomic E-state index is -1.25. The molecule has 3 N–H and O–H groups in total. The number of nitrogens with one attached hydrogen (secondary N) is 2. The van der Waals surface area contributed by atoms with E-state index in [1.165, 1.54) is 18.2 Å². The molecule has 1 aliphatic carbocycles. The van der Waals surface area contributed by atoms with Gasteiger partial charge in [-0.2, -0.15) is 0 Å². The first-order valence-corrected chi connectivity index (χ1v) is 9.19. The molecule has 1 aliphatic rings. The van der Waals surface area contributed by atoms with Crippen molar-refractivity contribution in [3.8, 4) is 0 Å². The van der Waals surface area contributed by atoms with Crippen molar-refractivity contribution in [2.75, 3.05) is 10.6 Å². The topological polar surface area (TPSA) is 95.5 Å². The smallest absolute Gasteiger partial charge is 0.335 e. The van der Waals surface area contributed by atoms with E-state index in [-0.39, 0.29) is 28.6 Å². The summed E-state index contributed by atoms with van der Waals surface area (Å²) >= 11 is 0. The normalized spacial score (nSPS) is 14.3. The van der Waals surface area contributed by atoms with Crippen molar-refractivity contribution in [3.63, 3.8) is 0 Å². The summed E-state index contributed by atoms with van der Waals surface area (Å²) in [6, 6.07) is 9.66. The Balaban J connectivity index is 1.68. The van der Waals surface area contributed by atoms with Gasteiger partial charge in [0.2, 0.25) is 5.91 Å². The van der Waals surface area contributed by atoms with Crippen LogP contribution in [0.3, 0.4) is 0 Å². The van der Waals surface area contributed by atoms with Gasteiger partial charge in [-0.15, -0.1) is 0 Å². The second kappa shape index (κ2) is 8.65. The van der Waals surface area contributed by atoms with Crippen LogP contribution < -0.4 is 10.6 Å². The quantitative estimate of drug-likeness (QED) is 0.716. The summed E-state index contributed by atoms with van der Waals surface area (Å²) in [5.41, 5.74) is 0.433. The summed E-state index contributed by atoms with van der Waals surface area (Å²) in [5, 5.41) is 14.1. The average molecular weight is 384 g/mol. The molecule has 28 heavy (non-hydrogen) atoms. The summed E-state index contributed by atoms with van der Waals surface area (Å²) < 4.78 is 14.0. The minimum Gasteiger partial charge on any atom is -0.478 e. The molecule has 0 aromatic heterocycles. The van der Waals surface area contributed by atoms with Gasteiger partial charge in [-0.1, -0.05) is 25.3 Å². The van der Waals surface area contributed by atoms with Crippen LogP contribution in [0.1, 0.15) is 52.8 Å². The molecule has 0 bridgehead atoms. The van der Waals surface area contributed by atoms with Crippen molar-refractivity contribution < 1.29 is 23.9 Å². The van der Waals surface area contributed by atoms with Gasteiger partial charge in [0.05, 0.1) is 11.3 Å². The predicted octanol–water partition coefficient (Wildman–Crippen LogP) is 4.30. The zero-order valence-electron chi connectivity index (χ0n) is 15.2. The Hall–Kier alpha value is -3.22. The average Bonchev–Trinajstić information content (AvgIpc) is 2.70. The van der Waals surface area contributed by atoms with Gasteiger partial charge >= 0.3 is 5.97 Å². The third-order valence-electron chi connectivity index (χ3n) is 4.83. The Morgan fingerprint density at radius 3 is 2.36 bits per heavy atom. The number of benzene rings is 2. The lowest BCUT2D eigenvalue weighted by atomic mass is 9.88. The number of amides is 2. The van der Waals surface area contributed by atoms with E-state index in [2.05, 4.69) is 10.6 Å². The molecular formula is C21H21FN2O4. The Kier molecular flexibility index (Phi) is 6.03. The van der Waals surface area contributed by atoms with Gasteiger partial charge < -0.3 is 15.7 Å². The number of carboxylic acid groups (broad SMARTS) is 1. The first kappa shape index (κ1) is 19.5. The number of aromatic carboxylic acids is 1. The van der Waals surface area contributed by atoms with Crippen LogP contribution in [0.4, 0.5) is 15.8 Å². The lowest BCUT2D eigenvalue weighted by Gasteiger charge is -2.20. The Bertz CT molecular complexity index is 907. The third-order valence-corrected chi connectivity index (χ3v) is 4.83. The van der Waals surface area contributed by atoms with E-state index in [1.54, 1.807) is 18.2 Å². The highest BCUT2D eigenvalue weighted by Gasteiger charge is 2.21. The van der Waals surface area contributed by atoms with Gasteiger partial charge in [-0.3, -0.25) is 9.59 Å². The maximum atomic E-state index is 14.0. The molecule has 0 heterocycles. The van der Waals surface area contributed by atoms with Crippen LogP contribution in [-0.4, -0.2) is 22.9 Å². The van der Waals surface area contributed by atoms with Gasteiger partial charge in [-0.25, -0.2) is 9.18 Å². The maximum absolute atomic E-state index is 14.0. The highest BCUT2D eigenvalue weighted by Crippen LogP contribution is 2.25. The fourth-order valence-electron chi connectivity index (χ4n) is 3.29. The minimum absolute atomic E-state index is 0.00641. The van der Waals surface area contributed by atoms with E-state index in [0.29, 0.717) is 5.69 Å². The molecular weight excluding hydrogens is 363 g/mol. The third kappa shape index (κ3) is 4.73. The number of rotatable bonds is 5. The number of carbonyl (C=O) groups is 3. The van der Waals surface area contributed by atoms with Crippen molar-refractivity contribution in [2.45, 2.75) is 32.1 Å². The lowest BCUT2D eigenvalue weighted by molar-refractivity contribution is -0.120. The number of hydrogen-bond acceptors (Lipinski definition) is 3. The molecule has 2 amide bonds. The van der Waals surface area contributed by atoms with Crippen LogP contribution >= 0.6 is 0 Å². The van der Waals surface area contributed by atoms with E-state index in [1.807, 2.05) is 0 Å². The Morgan fingerprint density at radius 2 is 1.68 bits per heavy atom. The number of anilines is 2. The molecule has 3 rings (SSSR count). The van der Waals surface area contributed by atoms with Crippen molar-refractivity contribution in [2.24, 2.45) is 5.92 Å². The summed E-state index contributed by atoms with van der Waals surface area (Å²) in [5.74, 6) is -2.70. The zero-order valence-corrected chi connectivity index (χ0v) is 15.2. The highest BCUT2D eigenvalue weighted by molar-refractivity contribution is 6.05. The second-order valence-electron chi connectivity index (χ2n) is 6.86. The van der Waals surface area contributed by atoms with Gasteiger partial charge in [0, 0.05) is 17.2 Å². The van der Waals surface area contributed by atoms with Gasteiger partial charge in [-0.05, 0) is 49.2 Å². The van der Waals surface area contributed by atoms with Gasteiger partial charge in [0.15, 0.2) is 0 Å². The van der Waals surface area contributed by atoms with Crippen LogP contribution in [0.15, 0.2) is 42.5 Å². The molecule has 2 aromatic rings. The van der Waals surface area contributed by atoms with Crippen molar-refractivity contribution >= 4 is 29.2 Å². The monoisotopic (exact) mass is 384 g/mol. The fraction of sp³-hybridized carbons (Fsp3) is 0.286. The molecule has 0 aliphatic heterocycles. The van der Waals surface area contributed by atoms with Crippen LogP contribution in [0, 0.1) is 11.7 Å². The molecule has 2 aromatic carbocycles. The molecule has 0 saturated heterocycles. The Morgan fingerprint density at radius 1 is 0.929 bits per heavy atom. The summed E-state index contributed by atoms with van der Waals surface area (Å²) in [4.78, 5) is 35.6. The largest absolute Gasteiger partial charge is 0.478 e. The summed E-state index contributed by atoms with van der Waals surface area (Å²) in [6.45, 7) is 0. The van der Waals surface area contributed by atoms with Crippen LogP contribution in [-0.2, 0) is 4.79 Å². The molecule has 0 spiro atoms. The predicted molar refractivity (Wildman–Crippen MR) is 103 cm³/mol. The van der Waals surface area contributed by atoms with E-state index in [0.717, 1.165) is 38.2 Å². The lowest BCUT2D eigenvalue weighted by Crippen LogP contribution is -2.24. The molecule has 0 unspecified atom stereocenters. The van der Waals surface area contributed by atoms with E-state index in [4.69, 9.17) is 5.11 Å². The number of carboxylic acids is 1. The summed E-state index contributed by atoms with van der Waals surface area (Å²) in [6.07, 6.45) is 5.00. The van der Waals surface area contributed by atoms with Crippen LogP contribution in [0.2, 0.25) is 0 Å². The molecule has 7 heteroatoms. The molecule has 146 valence electrons. The standard InChI is InChI=1S/C21H21FN2O4/c22-17-12-15(21(27)28)9-10-18(17)24-20(26)14-7-4-8-16(11-14)23-19(25)13-5-2-1-3-6-13/h4,7-13H,1-3,5-6H2,(H,23,25)(H,24,26)(H,27,28). The molecule has 0 atom stereocenters. The summed E-state index contributed by atoms with van der Waals surface area (Å²) in [7, 11) is 0. The second-order valence-corrected chi connectivity index (χ2v) is 6.86. The van der Waals surface area contributed by atoms with E-state index in [9.17, 15) is 18.8 Å². The zero-order chi connectivity index (χ0) is 20.1. The van der Waals surface area contributed by atoms with Crippen molar-refractivity contribution in [1.29, 1.82) is 0 Å².